The van der Waals surface area contributed by atoms with Crippen molar-refractivity contribution in [3.05, 3.63) is 35.3 Å². The van der Waals surface area contributed by atoms with Gasteiger partial charge in [0.1, 0.15) is 0 Å². The van der Waals surface area contributed by atoms with Gasteiger partial charge in [-0.15, -0.1) is 20.7 Å². The predicted molar refractivity (Wildman–Crippen MR) is 163 cm³/mol. The lowest BCUT2D eigenvalue weighted by Crippen LogP contribution is -2.47. The van der Waals surface area contributed by atoms with E-state index in [2.05, 4.69) is 37.0 Å². The summed E-state index contributed by atoms with van der Waals surface area (Å²) in [5.41, 5.74) is 4.59. The third-order valence-corrected chi connectivity index (χ3v) is 9.02. The van der Waals surface area contributed by atoms with Gasteiger partial charge in [-0.3, -0.25) is 24.9 Å². The van der Waals surface area contributed by atoms with E-state index in [4.69, 9.17) is 24.5 Å². The first-order valence-corrected chi connectivity index (χ1v) is 16.1. The maximum Gasteiger partial charge on any atom is 0.243 e. The van der Waals surface area contributed by atoms with Crippen LogP contribution in [0.4, 0.5) is 5.82 Å². The van der Waals surface area contributed by atoms with Gasteiger partial charge in [0.2, 0.25) is 5.91 Å². The average Bonchev–Trinajstić information content (AvgIpc) is 3.67. The summed E-state index contributed by atoms with van der Waals surface area (Å²) in [6.07, 6.45) is 4.69. The number of aromatic nitrogens is 4. The standard InChI is InChI=1S/C27H35N9O4S2/c1-41-40-39-36-14-10-34(11-15-36)18-19-16-23-25(42-19)27(35-12-8-33(9-13-35)7-3-6-24(37)32-38)30-26(29-23)20-4-2-5-22-21(20)17-28-31-22/h2,4-5,16-17,38H,3,6-15,18H2,1H3,(H,28,31)(H,32,37). The van der Waals surface area contributed by atoms with E-state index in [9.17, 15) is 4.79 Å². The van der Waals surface area contributed by atoms with Crippen molar-refractivity contribution in [2.45, 2.75) is 19.4 Å². The number of aromatic amines is 1. The summed E-state index contributed by atoms with van der Waals surface area (Å²) in [6, 6.07) is 8.28. The quantitative estimate of drug-likeness (QED) is 0.0994. The zero-order valence-corrected chi connectivity index (χ0v) is 25.1. The van der Waals surface area contributed by atoms with Crippen LogP contribution in [0.3, 0.4) is 0 Å². The van der Waals surface area contributed by atoms with E-state index in [0.29, 0.717) is 18.7 Å². The molecule has 13 nitrogen and oxygen atoms in total. The fourth-order valence-corrected chi connectivity index (χ4v) is 6.80. The Kier molecular flexibility index (Phi) is 9.46. The number of hydrogen-bond acceptors (Lipinski definition) is 13. The van der Waals surface area contributed by atoms with Crippen LogP contribution in [0.2, 0.25) is 0 Å². The molecule has 0 bridgehead atoms. The molecule has 42 heavy (non-hydrogen) atoms. The fraction of sp³-hybridized carbons (Fsp3) is 0.481. The van der Waals surface area contributed by atoms with Crippen molar-refractivity contribution in [3.63, 3.8) is 0 Å². The Labute approximate surface area is 251 Å². The van der Waals surface area contributed by atoms with Gasteiger partial charge in [0, 0.05) is 99.4 Å². The van der Waals surface area contributed by atoms with Gasteiger partial charge in [-0.2, -0.15) is 10.2 Å². The molecule has 4 aromatic rings. The van der Waals surface area contributed by atoms with Gasteiger partial charge in [0.05, 0.1) is 21.9 Å². The molecule has 0 radical (unpaired) electrons. The minimum Gasteiger partial charge on any atom is -0.353 e. The Morgan fingerprint density at radius 3 is 2.71 bits per heavy atom. The first-order valence-electron chi connectivity index (χ1n) is 14.1. The lowest BCUT2D eigenvalue weighted by molar-refractivity contribution is -0.365. The van der Waals surface area contributed by atoms with Crippen LogP contribution in [-0.4, -0.2) is 111 Å². The van der Waals surface area contributed by atoms with Crippen LogP contribution >= 0.6 is 23.4 Å². The molecule has 2 fully saturated rings. The number of carbonyl (C=O) groups excluding carboxylic acids is 1. The number of hydroxylamine groups is 3. The molecule has 0 spiro atoms. The number of thiophene rings is 1. The summed E-state index contributed by atoms with van der Waals surface area (Å²) in [5.74, 6) is 1.33. The second-order valence-electron chi connectivity index (χ2n) is 10.4. The summed E-state index contributed by atoms with van der Waals surface area (Å²) in [4.78, 5) is 35.3. The Balaban J connectivity index is 1.23. The minimum absolute atomic E-state index is 0.317. The van der Waals surface area contributed by atoms with E-state index < -0.39 is 0 Å². The van der Waals surface area contributed by atoms with Crippen molar-refractivity contribution < 1.29 is 19.3 Å². The van der Waals surface area contributed by atoms with Crippen molar-refractivity contribution in [1.82, 2.24) is 40.5 Å². The second kappa shape index (κ2) is 13.6. The Morgan fingerprint density at radius 1 is 1.12 bits per heavy atom. The highest BCUT2D eigenvalue weighted by Gasteiger charge is 2.25. The Hall–Kier alpha value is -2.89. The van der Waals surface area contributed by atoms with Gasteiger partial charge < -0.3 is 4.90 Å². The van der Waals surface area contributed by atoms with Crippen molar-refractivity contribution in [1.29, 1.82) is 0 Å². The highest BCUT2D eigenvalue weighted by molar-refractivity contribution is 7.93. The fourth-order valence-electron chi connectivity index (χ4n) is 5.50. The highest BCUT2D eigenvalue weighted by atomic mass is 32.2. The molecule has 6 rings (SSSR count). The van der Waals surface area contributed by atoms with Crippen LogP contribution in [0.25, 0.3) is 32.5 Å². The van der Waals surface area contributed by atoms with Gasteiger partial charge in [0.25, 0.3) is 0 Å². The van der Waals surface area contributed by atoms with Crippen LogP contribution < -0.4 is 10.4 Å². The molecular formula is C27H35N9O4S2. The first-order chi connectivity index (χ1) is 20.6. The number of H-pyrrole nitrogens is 1. The summed E-state index contributed by atoms with van der Waals surface area (Å²) in [7, 11) is 0. The molecule has 15 heteroatoms. The number of nitrogens with one attached hydrogen (secondary N) is 2. The number of hydrogen-bond donors (Lipinski definition) is 3. The van der Waals surface area contributed by atoms with Gasteiger partial charge in [0.15, 0.2) is 11.6 Å². The van der Waals surface area contributed by atoms with Crippen molar-refractivity contribution in [3.8, 4) is 11.4 Å². The van der Waals surface area contributed by atoms with E-state index in [1.165, 1.54) is 16.9 Å². The number of rotatable bonds is 11. The molecule has 0 saturated carbocycles. The molecule has 0 aliphatic carbocycles. The molecule has 3 aromatic heterocycles. The van der Waals surface area contributed by atoms with Crippen LogP contribution in [0, 0.1) is 0 Å². The maximum atomic E-state index is 11.4. The van der Waals surface area contributed by atoms with Gasteiger partial charge in [-0.05, 0) is 25.1 Å². The molecule has 0 atom stereocenters. The third-order valence-electron chi connectivity index (χ3n) is 7.72. The average molecular weight is 614 g/mol. The molecular weight excluding hydrogens is 578 g/mol. The number of nitrogens with zero attached hydrogens (tertiary/aromatic N) is 7. The molecule has 224 valence electrons. The lowest BCUT2D eigenvalue weighted by atomic mass is 10.1. The van der Waals surface area contributed by atoms with Crippen LogP contribution in [0.1, 0.15) is 17.7 Å². The molecule has 2 aliphatic heterocycles. The number of amides is 1. The van der Waals surface area contributed by atoms with Crippen LogP contribution in [-0.2, 0) is 20.7 Å². The zero-order valence-electron chi connectivity index (χ0n) is 23.5. The number of fused-ring (bicyclic) bond motifs is 2. The zero-order chi connectivity index (χ0) is 28.9. The van der Waals surface area contributed by atoms with Gasteiger partial charge in [-0.25, -0.2) is 15.4 Å². The maximum absolute atomic E-state index is 11.4. The monoisotopic (exact) mass is 613 g/mol. The molecule has 1 amide bonds. The largest absolute Gasteiger partial charge is 0.353 e. The van der Waals surface area contributed by atoms with E-state index in [0.717, 1.165) is 97.9 Å². The molecule has 5 heterocycles. The Morgan fingerprint density at radius 2 is 1.93 bits per heavy atom. The summed E-state index contributed by atoms with van der Waals surface area (Å²) < 4.78 is 6.13. The third kappa shape index (κ3) is 6.68. The minimum atomic E-state index is -0.342. The Bertz CT molecular complexity index is 1500. The molecule has 2 aliphatic rings. The van der Waals surface area contributed by atoms with Gasteiger partial charge >= 0.3 is 0 Å². The highest BCUT2D eigenvalue weighted by Crippen LogP contribution is 2.36. The summed E-state index contributed by atoms with van der Waals surface area (Å²) in [6.45, 7) is 8.43. The predicted octanol–water partition coefficient (Wildman–Crippen LogP) is 2.90. The second-order valence-corrected chi connectivity index (χ2v) is 12.0. The number of carbonyl (C=O) groups is 1. The number of piperazine rings is 2. The van der Waals surface area contributed by atoms with E-state index >= 15 is 0 Å². The first kappa shape index (κ1) is 29.2. The molecule has 1 aromatic carbocycles. The van der Waals surface area contributed by atoms with Crippen molar-refractivity contribution in [2.24, 2.45) is 0 Å². The van der Waals surface area contributed by atoms with E-state index in [1.807, 2.05) is 29.6 Å². The van der Waals surface area contributed by atoms with E-state index in [-0.39, 0.29) is 5.91 Å². The number of anilines is 1. The summed E-state index contributed by atoms with van der Waals surface area (Å²) in [5, 5.41) is 18.9. The van der Waals surface area contributed by atoms with E-state index in [1.54, 1.807) is 16.8 Å². The molecule has 2 saturated heterocycles. The van der Waals surface area contributed by atoms with Crippen molar-refractivity contribution in [2.75, 3.05) is 70.1 Å². The topological polar surface area (TPSA) is 135 Å². The summed E-state index contributed by atoms with van der Waals surface area (Å²) >= 11 is 2.97. The van der Waals surface area contributed by atoms with Crippen LogP contribution in [0.5, 0.6) is 0 Å². The SMILES string of the molecule is CSOON1CCN(Cc2cc3nc(-c4cccc5[nH]ncc45)nc(N4CCN(CCCC(=O)NO)CC4)c3s2)CC1. The lowest BCUT2D eigenvalue weighted by Gasteiger charge is -2.35. The number of benzene rings is 1. The smallest absolute Gasteiger partial charge is 0.243 e. The van der Waals surface area contributed by atoms with Gasteiger partial charge in [-0.1, -0.05) is 12.1 Å². The molecule has 0 unspecified atom stereocenters. The van der Waals surface area contributed by atoms with Crippen molar-refractivity contribution >= 4 is 56.2 Å². The molecule has 3 N–H and O–H groups in total. The van der Waals surface area contributed by atoms with Crippen LogP contribution in [0.15, 0.2) is 30.5 Å². The normalized spacial score (nSPS) is 17.4.